The fraction of sp³-hybridized carbons (Fsp3) is 0.444. The zero-order valence-electron chi connectivity index (χ0n) is 13.8. The van der Waals surface area contributed by atoms with Gasteiger partial charge in [0, 0.05) is 18.4 Å². The third-order valence-corrected chi connectivity index (χ3v) is 3.99. The smallest absolute Gasteiger partial charge is 0.227 e. The van der Waals surface area contributed by atoms with Gasteiger partial charge in [0.2, 0.25) is 5.91 Å². The Bertz CT molecular complexity index is 728. The van der Waals surface area contributed by atoms with Crippen molar-refractivity contribution in [3.8, 4) is 5.75 Å². The van der Waals surface area contributed by atoms with E-state index in [0.29, 0.717) is 19.5 Å². The van der Waals surface area contributed by atoms with Gasteiger partial charge in [-0.05, 0) is 17.7 Å². The summed E-state index contributed by atoms with van der Waals surface area (Å²) >= 11 is 0. The molecule has 0 unspecified atom stereocenters. The number of carbonyl (C=O) groups is 1. The van der Waals surface area contributed by atoms with Gasteiger partial charge in [0.1, 0.15) is 17.2 Å². The number of carbonyl (C=O) groups excluding carboxylic acids is 1. The maximum absolute atomic E-state index is 12.5. The van der Waals surface area contributed by atoms with Gasteiger partial charge in [-0.25, -0.2) is 4.98 Å². The van der Waals surface area contributed by atoms with Crippen LogP contribution in [0, 0.1) is 0 Å². The first-order chi connectivity index (χ1) is 10.8. The van der Waals surface area contributed by atoms with Crippen LogP contribution in [0.4, 0.5) is 0 Å². The summed E-state index contributed by atoms with van der Waals surface area (Å²) < 4.78 is 5.85. The van der Waals surface area contributed by atoms with Crippen LogP contribution in [0.1, 0.15) is 43.7 Å². The van der Waals surface area contributed by atoms with E-state index in [1.807, 2.05) is 6.07 Å². The molecule has 1 amide bonds. The van der Waals surface area contributed by atoms with Gasteiger partial charge in [0.05, 0.1) is 13.0 Å². The van der Waals surface area contributed by atoms with Gasteiger partial charge >= 0.3 is 0 Å². The monoisotopic (exact) mass is 314 g/mol. The molecule has 122 valence electrons. The largest absolute Gasteiger partial charge is 0.508 e. The maximum Gasteiger partial charge on any atom is 0.227 e. The van der Waals surface area contributed by atoms with Crippen molar-refractivity contribution in [3.63, 3.8) is 0 Å². The lowest BCUT2D eigenvalue weighted by Gasteiger charge is -2.25. The minimum Gasteiger partial charge on any atom is -0.508 e. The number of benzene rings is 1. The zero-order chi connectivity index (χ0) is 16.6. The van der Waals surface area contributed by atoms with E-state index >= 15 is 0 Å². The highest BCUT2D eigenvalue weighted by Crippen LogP contribution is 2.27. The Labute approximate surface area is 135 Å². The lowest BCUT2D eigenvalue weighted by molar-refractivity contribution is -0.131. The highest BCUT2D eigenvalue weighted by atomic mass is 16.4. The fourth-order valence-corrected chi connectivity index (χ4v) is 2.69. The van der Waals surface area contributed by atoms with Crippen LogP contribution in [0.2, 0.25) is 0 Å². The number of aromatic hydroxyl groups is 1. The van der Waals surface area contributed by atoms with Gasteiger partial charge < -0.3 is 14.4 Å². The lowest BCUT2D eigenvalue weighted by Crippen LogP contribution is -2.36. The first kappa shape index (κ1) is 15.6. The number of nitrogens with zero attached hydrogens (tertiary/aromatic N) is 2. The molecule has 1 aromatic carbocycles. The second-order valence-corrected chi connectivity index (χ2v) is 7.05. The molecule has 0 fully saturated rings. The number of phenols is 1. The van der Waals surface area contributed by atoms with Crippen LogP contribution in [0.15, 0.2) is 28.7 Å². The van der Waals surface area contributed by atoms with Crippen LogP contribution in [0.3, 0.4) is 0 Å². The predicted molar refractivity (Wildman–Crippen MR) is 86.1 cm³/mol. The van der Waals surface area contributed by atoms with Crippen molar-refractivity contribution in [2.45, 2.75) is 45.6 Å². The Kier molecular flexibility index (Phi) is 3.88. The Balaban J connectivity index is 1.71. The predicted octanol–water partition coefficient (Wildman–Crippen LogP) is 2.81. The van der Waals surface area contributed by atoms with Crippen LogP contribution in [0.25, 0.3) is 0 Å². The average Bonchev–Trinajstić information content (AvgIpc) is 2.90. The second kappa shape index (κ2) is 5.72. The first-order valence-corrected chi connectivity index (χ1v) is 7.87. The van der Waals surface area contributed by atoms with Crippen LogP contribution in [0.5, 0.6) is 5.75 Å². The molecule has 23 heavy (non-hydrogen) atoms. The van der Waals surface area contributed by atoms with E-state index in [2.05, 4.69) is 25.8 Å². The number of rotatable bonds is 2. The average molecular weight is 314 g/mol. The molecule has 2 aromatic rings. The van der Waals surface area contributed by atoms with E-state index in [4.69, 9.17) is 4.42 Å². The summed E-state index contributed by atoms with van der Waals surface area (Å²) in [5, 5.41) is 9.50. The lowest BCUT2D eigenvalue weighted by atomic mass is 9.97. The number of hydrogen-bond acceptors (Lipinski definition) is 4. The van der Waals surface area contributed by atoms with E-state index in [9.17, 15) is 9.90 Å². The molecule has 0 bridgehead atoms. The maximum atomic E-state index is 12.5. The molecule has 0 saturated carbocycles. The summed E-state index contributed by atoms with van der Waals surface area (Å²) in [6.45, 7) is 7.33. The second-order valence-electron chi connectivity index (χ2n) is 7.05. The molecule has 5 heteroatoms. The van der Waals surface area contributed by atoms with Crippen molar-refractivity contribution >= 4 is 5.91 Å². The van der Waals surface area contributed by atoms with Crippen LogP contribution in [-0.4, -0.2) is 27.4 Å². The summed E-state index contributed by atoms with van der Waals surface area (Å²) in [5.74, 6) is 1.85. The summed E-state index contributed by atoms with van der Waals surface area (Å²) in [6, 6.07) is 6.83. The zero-order valence-corrected chi connectivity index (χ0v) is 13.8. The third kappa shape index (κ3) is 3.38. The van der Waals surface area contributed by atoms with Gasteiger partial charge in [-0.2, -0.15) is 0 Å². The minimum absolute atomic E-state index is 0.0431. The molecule has 5 nitrogen and oxygen atoms in total. The van der Waals surface area contributed by atoms with E-state index in [-0.39, 0.29) is 23.5 Å². The Hall–Kier alpha value is -2.30. The summed E-state index contributed by atoms with van der Waals surface area (Å²) in [6.07, 6.45) is 0.984. The minimum atomic E-state index is -0.131. The highest BCUT2D eigenvalue weighted by molar-refractivity contribution is 5.79. The van der Waals surface area contributed by atoms with Crippen LogP contribution >= 0.6 is 0 Å². The molecule has 1 N–H and O–H groups in total. The van der Waals surface area contributed by atoms with Crippen molar-refractivity contribution in [2.75, 3.05) is 6.54 Å². The van der Waals surface area contributed by atoms with Crippen molar-refractivity contribution in [3.05, 3.63) is 47.2 Å². The summed E-state index contributed by atoms with van der Waals surface area (Å²) in [4.78, 5) is 18.9. The summed E-state index contributed by atoms with van der Waals surface area (Å²) in [5.41, 5.74) is 1.55. The van der Waals surface area contributed by atoms with Crippen molar-refractivity contribution < 1.29 is 14.3 Å². The molecule has 2 heterocycles. The summed E-state index contributed by atoms with van der Waals surface area (Å²) in [7, 11) is 0. The number of oxazole rings is 1. The van der Waals surface area contributed by atoms with Gasteiger partial charge in [-0.1, -0.05) is 32.9 Å². The SMILES string of the molecule is CC(C)(C)c1nc2c(o1)CCN(C(=O)Cc1cccc(O)c1)C2. The van der Waals surface area contributed by atoms with Crippen molar-refractivity contribution in [1.82, 2.24) is 9.88 Å². The topological polar surface area (TPSA) is 66.6 Å². The number of aromatic nitrogens is 1. The number of phenolic OH excluding ortho intramolecular Hbond substituents is 1. The molecular formula is C18H22N2O3. The van der Waals surface area contributed by atoms with E-state index < -0.39 is 0 Å². The highest BCUT2D eigenvalue weighted by Gasteiger charge is 2.29. The van der Waals surface area contributed by atoms with Crippen LogP contribution in [-0.2, 0) is 29.6 Å². The van der Waals surface area contributed by atoms with Gasteiger partial charge in [0.15, 0.2) is 5.89 Å². The molecule has 1 aromatic heterocycles. The molecule has 0 spiro atoms. The standard InChI is InChI=1S/C18H22N2O3/c1-18(2,3)17-19-14-11-20(8-7-15(14)23-17)16(22)10-12-5-4-6-13(21)9-12/h4-6,9,21H,7-8,10-11H2,1-3H3. The Morgan fingerprint density at radius 3 is 2.87 bits per heavy atom. The molecule has 1 aliphatic heterocycles. The van der Waals surface area contributed by atoms with Crippen LogP contribution < -0.4 is 0 Å². The molecule has 0 radical (unpaired) electrons. The van der Waals surface area contributed by atoms with Crippen molar-refractivity contribution in [1.29, 1.82) is 0 Å². The molecule has 1 aliphatic rings. The Morgan fingerprint density at radius 1 is 1.39 bits per heavy atom. The molecule has 0 atom stereocenters. The number of amides is 1. The van der Waals surface area contributed by atoms with Gasteiger partial charge in [0.25, 0.3) is 0 Å². The van der Waals surface area contributed by atoms with E-state index in [1.54, 1.807) is 23.1 Å². The number of hydrogen-bond donors (Lipinski definition) is 1. The Morgan fingerprint density at radius 2 is 2.17 bits per heavy atom. The van der Waals surface area contributed by atoms with Gasteiger partial charge in [-0.15, -0.1) is 0 Å². The first-order valence-electron chi connectivity index (χ1n) is 7.87. The van der Waals surface area contributed by atoms with Gasteiger partial charge in [-0.3, -0.25) is 4.79 Å². The molecule has 3 rings (SSSR count). The van der Waals surface area contributed by atoms with E-state index in [0.717, 1.165) is 22.9 Å². The number of fused-ring (bicyclic) bond motifs is 1. The van der Waals surface area contributed by atoms with Crippen molar-refractivity contribution in [2.24, 2.45) is 0 Å². The normalized spacial score (nSPS) is 14.7. The quantitative estimate of drug-likeness (QED) is 0.925. The molecule has 0 aliphatic carbocycles. The fourth-order valence-electron chi connectivity index (χ4n) is 2.69. The molecule has 0 saturated heterocycles. The third-order valence-electron chi connectivity index (χ3n) is 3.99. The molecular weight excluding hydrogens is 292 g/mol. The van der Waals surface area contributed by atoms with E-state index in [1.165, 1.54) is 0 Å².